The van der Waals surface area contributed by atoms with Gasteiger partial charge in [0, 0.05) is 17.5 Å². The van der Waals surface area contributed by atoms with Gasteiger partial charge in [-0.3, -0.25) is 4.79 Å². The zero-order valence-electron chi connectivity index (χ0n) is 16.3. The molecule has 0 radical (unpaired) electrons. The van der Waals surface area contributed by atoms with Crippen LogP contribution < -0.4 is 10.9 Å². The number of nitrogens with one attached hydrogen (secondary N) is 1. The smallest absolute Gasteiger partial charge is 0.263 e. The summed E-state index contributed by atoms with van der Waals surface area (Å²) in [4.78, 5) is 18.7. The molecule has 0 unspecified atom stereocenters. The molecule has 5 nitrogen and oxygen atoms in total. The first kappa shape index (κ1) is 18.4. The number of aliphatic hydroxyl groups excluding tert-OH is 1. The zero-order valence-corrected chi connectivity index (χ0v) is 16.3. The number of rotatable bonds is 5. The number of benzene rings is 2. The second kappa shape index (κ2) is 7.24. The summed E-state index contributed by atoms with van der Waals surface area (Å²) >= 11 is 0. The van der Waals surface area contributed by atoms with Crippen molar-refractivity contribution in [2.45, 2.75) is 32.1 Å². The number of fused-ring (bicyclic) bond motifs is 3. The highest BCUT2D eigenvalue weighted by molar-refractivity contribution is 5.73. The van der Waals surface area contributed by atoms with Crippen LogP contribution in [0.3, 0.4) is 0 Å². The number of hydrogen-bond acceptors (Lipinski definition) is 4. The monoisotopic (exact) mass is 375 g/mol. The molecule has 0 spiro atoms. The summed E-state index contributed by atoms with van der Waals surface area (Å²) in [6.07, 6.45) is 1.67. The van der Waals surface area contributed by atoms with Gasteiger partial charge in [0.05, 0.1) is 23.6 Å². The van der Waals surface area contributed by atoms with Crippen molar-refractivity contribution in [3.63, 3.8) is 0 Å². The molecule has 0 amide bonds. The molecule has 1 heterocycles. The highest BCUT2D eigenvalue weighted by Gasteiger charge is 2.38. The molecule has 2 aromatic carbocycles. The van der Waals surface area contributed by atoms with E-state index in [9.17, 15) is 9.90 Å². The first-order valence-corrected chi connectivity index (χ1v) is 9.75. The number of aromatic nitrogens is 2. The van der Waals surface area contributed by atoms with E-state index in [1.54, 1.807) is 4.57 Å². The average molecular weight is 375 g/mol. The second-order valence-corrected chi connectivity index (χ2v) is 7.53. The molecule has 3 aromatic rings. The Morgan fingerprint density at radius 2 is 1.86 bits per heavy atom. The number of hydrogen-bond donors (Lipinski definition) is 2. The number of nitrogens with zero attached hydrogens (tertiary/aromatic N) is 2. The Kier molecular flexibility index (Phi) is 4.77. The molecular formula is C23H25N3O2. The Labute approximate surface area is 164 Å². The largest absolute Gasteiger partial charge is 0.395 e. The Morgan fingerprint density at radius 3 is 2.57 bits per heavy atom. The summed E-state index contributed by atoms with van der Waals surface area (Å²) in [7, 11) is 0. The van der Waals surface area contributed by atoms with Crippen LogP contribution in [0, 0.1) is 0 Å². The van der Waals surface area contributed by atoms with Gasteiger partial charge < -0.3 is 10.4 Å². The van der Waals surface area contributed by atoms with Crippen LogP contribution in [-0.2, 0) is 11.8 Å². The first-order chi connectivity index (χ1) is 13.6. The standard InChI is InChI=1S/C23H25N3O2/c1-3-23(2)15-16-9-7-8-12-18(16)20-19(23)21(28)26(17-10-5-4-6-11-17)22(25-20)24-13-14-27/h4-12,27H,3,13-15H2,1-2H3,(H,24,25)/t23-/m0/s1. The summed E-state index contributed by atoms with van der Waals surface area (Å²) in [6, 6.07) is 17.7. The minimum atomic E-state index is -0.278. The zero-order chi connectivity index (χ0) is 19.7. The summed E-state index contributed by atoms with van der Waals surface area (Å²) in [5.74, 6) is 0.458. The van der Waals surface area contributed by atoms with Gasteiger partial charge >= 0.3 is 0 Å². The highest BCUT2D eigenvalue weighted by Crippen LogP contribution is 2.42. The van der Waals surface area contributed by atoms with E-state index in [2.05, 4.69) is 25.2 Å². The topological polar surface area (TPSA) is 67.2 Å². The van der Waals surface area contributed by atoms with E-state index in [-0.39, 0.29) is 17.6 Å². The van der Waals surface area contributed by atoms with E-state index in [1.807, 2.05) is 48.5 Å². The molecule has 0 fully saturated rings. The molecular weight excluding hydrogens is 350 g/mol. The summed E-state index contributed by atoms with van der Waals surface area (Å²) in [5, 5.41) is 12.4. The lowest BCUT2D eigenvalue weighted by molar-refractivity contribution is 0.310. The van der Waals surface area contributed by atoms with Crippen LogP contribution in [0.4, 0.5) is 5.95 Å². The van der Waals surface area contributed by atoms with Crippen molar-refractivity contribution in [1.82, 2.24) is 9.55 Å². The lowest BCUT2D eigenvalue weighted by atomic mass is 9.69. The van der Waals surface area contributed by atoms with Crippen LogP contribution in [0.2, 0.25) is 0 Å². The van der Waals surface area contributed by atoms with Gasteiger partial charge in [-0.2, -0.15) is 0 Å². The van der Waals surface area contributed by atoms with Gasteiger partial charge in [0.25, 0.3) is 5.56 Å². The molecule has 28 heavy (non-hydrogen) atoms. The summed E-state index contributed by atoms with van der Waals surface area (Å²) in [5.41, 5.74) is 4.20. The van der Waals surface area contributed by atoms with Crippen LogP contribution in [0.15, 0.2) is 59.4 Å². The predicted octanol–water partition coefficient (Wildman–Crippen LogP) is 3.53. The van der Waals surface area contributed by atoms with Crippen molar-refractivity contribution >= 4 is 5.95 Å². The lowest BCUT2D eigenvalue weighted by Crippen LogP contribution is -2.39. The van der Waals surface area contributed by atoms with Crippen molar-refractivity contribution in [1.29, 1.82) is 0 Å². The lowest BCUT2D eigenvalue weighted by Gasteiger charge is -2.36. The first-order valence-electron chi connectivity index (χ1n) is 9.75. The number of anilines is 1. The fourth-order valence-corrected chi connectivity index (χ4v) is 4.08. The fourth-order valence-electron chi connectivity index (χ4n) is 4.08. The van der Waals surface area contributed by atoms with Crippen LogP contribution >= 0.6 is 0 Å². The van der Waals surface area contributed by atoms with E-state index in [0.29, 0.717) is 12.5 Å². The minimum Gasteiger partial charge on any atom is -0.395 e. The molecule has 2 N–H and O–H groups in total. The predicted molar refractivity (Wildman–Crippen MR) is 112 cm³/mol. The van der Waals surface area contributed by atoms with Gasteiger partial charge in [-0.25, -0.2) is 9.55 Å². The minimum absolute atomic E-state index is 0.0367. The summed E-state index contributed by atoms with van der Waals surface area (Å²) < 4.78 is 1.64. The Balaban J connectivity index is 2.06. The van der Waals surface area contributed by atoms with Gasteiger partial charge in [-0.05, 0) is 30.5 Å². The maximum atomic E-state index is 13.8. The van der Waals surface area contributed by atoms with Crippen molar-refractivity contribution in [3.05, 3.63) is 76.1 Å². The van der Waals surface area contributed by atoms with Crippen LogP contribution in [0.1, 0.15) is 31.4 Å². The van der Waals surface area contributed by atoms with Crippen molar-refractivity contribution < 1.29 is 5.11 Å². The van der Waals surface area contributed by atoms with Crippen LogP contribution in [0.25, 0.3) is 16.9 Å². The van der Waals surface area contributed by atoms with E-state index >= 15 is 0 Å². The van der Waals surface area contributed by atoms with Gasteiger partial charge in [0.2, 0.25) is 5.95 Å². The molecule has 1 atom stereocenters. The molecule has 5 heteroatoms. The maximum absolute atomic E-state index is 13.8. The number of aliphatic hydroxyl groups is 1. The molecule has 1 aliphatic carbocycles. The summed E-state index contributed by atoms with van der Waals surface area (Å²) in [6.45, 7) is 4.57. The Morgan fingerprint density at radius 1 is 1.14 bits per heavy atom. The molecule has 0 saturated carbocycles. The Hall–Kier alpha value is -2.92. The van der Waals surface area contributed by atoms with Gasteiger partial charge in [0.15, 0.2) is 0 Å². The molecule has 0 aliphatic heterocycles. The van der Waals surface area contributed by atoms with E-state index in [4.69, 9.17) is 4.98 Å². The third-order valence-electron chi connectivity index (χ3n) is 5.73. The second-order valence-electron chi connectivity index (χ2n) is 7.53. The normalized spacial score (nSPS) is 17.7. The molecule has 0 saturated heterocycles. The van der Waals surface area contributed by atoms with E-state index < -0.39 is 0 Å². The molecule has 1 aliphatic rings. The SMILES string of the molecule is CC[C@@]1(C)Cc2ccccc2-c2nc(NCCO)n(-c3ccccc3)c(=O)c21. The molecule has 144 valence electrons. The van der Waals surface area contributed by atoms with Gasteiger partial charge in [-0.1, -0.05) is 56.3 Å². The Bertz CT molecular complexity index is 1060. The van der Waals surface area contributed by atoms with Crippen LogP contribution in [0.5, 0.6) is 0 Å². The van der Waals surface area contributed by atoms with Crippen molar-refractivity contribution in [3.8, 4) is 16.9 Å². The van der Waals surface area contributed by atoms with Gasteiger partial charge in [0.1, 0.15) is 0 Å². The molecule has 4 rings (SSSR count). The number of para-hydroxylation sites is 1. The highest BCUT2D eigenvalue weighted by atomic mass is 16.3. The van der Waals surface area contributed by atoms with Crippen LogP contribution in [-0.4, -0.2) is 27.8 Å². The molecule has 0 bridgehead atoms. The van der Waals surface area contributed by atoms with E-state index in [1.165, 1.54) is 5.56 Å². The average Bonchev–Trinajstić information content (AvgIpc) is 2.72. The van der Waals surface area contributed by atoms with E-state index in [0.717, 1.165) is 35.3 Å². The maximum Gasteiger partial charge on any atom is 0.263 e. The molecule has 1 aromatic heterocycles. The van der Waals surface area contributed by atoms with Gasteiger partial charge in [-0.15, -0.1) is 0 Å². The van der Waals surface area contributed by atoms with Crippen molar-refractivity contribution in [2.75, 3.05) is 18.5 Å². The third-order valence-corrected chi connectivity index (χ3v) is 5.73. The van der Waals surface area contributed by atoms with Crippen molar-refractivity contribution in [2.24, 2.45) is 0 Å². The fraction of sp³-hybridized carbons (Fsp3) is 0.304. The quantitative estimate of drug-likeness (QED) is 0.716. The third kappa shape index (κ3) is 2.92.